The average molecular weight is 241 g/mol. The Morgan fingerprint density at radius 2 is 1.88 bits per heavy atom. The molecule has 0 radical (unpaired) electrons. The molecule has 5 heteroatoms. The van der Waals surface area contributed by atoms with E-state index in [1.807, 2.05) is 0 Å². The van der Waals surface area contributed by atoms with E-state index in [4.69, 9.17) is 0 Å². The van der Waals surface area contributed by atoms with Gasteiger partial charge in [-0.2, -0.15) is 4.31 Å². The highest BCUT2D eigenvalue weighted by molar-refractivity contribution is 7.89. The van der Waals surface area contributed by atoms with Crippen LogP contribution in [0.1, 0.15) is 18.4 Å². The topological polar surface area (TPSA) is 57.6 Å². The summed E-state index contributed by atoms with van der Waals surface area (Å²) in [5, 5.41) is 9.26. The first-order valence-corrected chi connectivity index (χ1v) is 6.75. The summed E-state index contributed by atoms with van der Waals surface area (Å²) in [5.74, 6) is 0.0953. The Morgan fingerprint density at radius 1 is 1.25 bits per heavy atom. The van der Waals surface area contributed by atoms with Crippen LogP contribution in [0.4, 0.5) is 0 Å². The summed E-state index contributed by atoms with van der Waals surface area (Å²) in [6.07, 6.45) is 1.85. The monoisotopic (exact) mass is 241 g/mol. The van der Waals surface area contributed by atoms with Gasteiger partial charge < -0.3 is 5.11 Å². The molecule has 0 bridgehead atoms. The molecule has 1 aliphatic rings. The van der Waals surface area contributed by atoms with Crippen LogP contribution >= 0.6 is 0 Å². The minimum Gasteiger partial charge on any atom is -0.508 e. The molecule has 0 aliphatic carbocycles. The summed E-state index contributed by atoms with van der Waals surface area (Å²) < 4.78 is 25.9. The number of phenols is 1. The Kier molecular flexibility index (Phi) is 2.90. The van der Waals surface area contributed by atoms with Crippen LogP contribution in [0.3, 0.4) is 0 Å². The van der Waals surface area contributed by atoms with Crippen LogP contribution in [-0.4, -0.2) is 30.9 Å². The molecular formula is C11H15NO3S. The smallest absolute Gasteiger partial charge is 0.243 e. The molecule has 0 saturated carbocycles. The number of benzene rings is 1. The lowest BCUT2D eigenvalue weighted by atomic mass is 10.2. The molecule has 0 aromatic heterocycles. The largest absolute Gasteiger partial charge is 0.508 e. The summed E-state index contributed by atoms with van der Waals surface area (Å²) >= 11 is 0. The van der Waals surface area contributed by atoms with E-state index in [0.717, 1.165) is 12.8 Å². The van der Waals surface area contributed by atoms with Crippen molar-refractivity contribution in [2.24, 2.45) is 0 Å². The van der Waals surface area contributed by atoms with Crippen LogP contribution in [0.25, 0.3) is 0 Å². The number of nitrogens with zero attached hydrogens (tertiary/aromatic N) is 1. The zero-order chi connectivity index (χ0) is 11.8. The van der Waals surface area contributed by atoms with E-state index in [2.05, 4.69) is 0 Å². The fraction of sp³-hybridized carbons (Fsp3) is 0.455. The van der Waals surface area contributed by atoms with Crippen LogP contribution in [0.2, 0.25) is 0 Å². The second-order valence-corrected chi connectivity index (χ2v) is 5.97. The van der Waals surface area contributed by atoms with Gasteiger partial charge in [0.2, 0.25) is 10.0 Å². The van der Waals surface area contributed by atoms with Gasteiger partial charge in [0, 0.05) is 13.1 Å². The molecular weight excluding hydrogens is 226 g/mol. The summed E-state index contributed by atoms with van der Waals surface area (Å²) in [5.41, 5.74) is 0.590. The summed E-state index contributed by atoms with van der Waals surface area (Å²) in [6, 6.07) is 4.36. The fourth-order valence-electron chi connectivity index (χ4n) is 1.99. The third-order valence-corrected chi connectivity index (χ3v) is 4.90. The van der Waals surface area contributed by atoms with Gasteiger partial charge in [-0.25, -0.2) is 8.42 Å². The van der Waals surface area contributed by atoms with Gasteiger partial charge in [0.1, 0.15) is 5.75 Å². The number of rotatable bonds is 2. The molecule has 0 spiro atoms. The fourth-order valence-corrected chi connectivity index (χ4v) is 3.71. The molecule has 1 aromatic carbocycles. The first kappa shape index (κ1) is 11.4. The van der Waals surface area contributed by atoms with Crippen molar-refractivity contribution in [2.45, 2.75) is 24.7 Å². The van der Waals surface area contributed by atoms with Crippen LogP contribution in [0.15, 0.2) is 23.1 Å². The quantitative estimate of drug-likeness (QED) is 0.853. The van der Waals surface area contributed by atoms with Crippen molar-refractivity contribution < 1.29 is 13.5 Å². The number of hydrogen-bond donors (Lipinski definition) is 1. The Labute approximate surface area is 95.6 Å². The van der Waals surface area contributed by atoms with Gasteiger partial charge in [-0.05, 0) is 43.5 Å². The molecule has 1 heterocycles. The SMILES string of the molecule is Cc1cc(O)ccc1S(=O)(=O)N1CCCC1. The Balaban J connectivity index is 2.42. The van der Waals surface area contributed by atoms with E-state index in [1.54, 1.807) is 6.92 Å². The highest BCUT2D eigenvalue weighted by Crippen LogP contribution is 2.25. The predicted molar refractivity (Wildman–Crippen MR) is 60.8 cm³/mol. The van der Waals surface area contributed by atoms with Crippen LogP contribution < -0.4 is 0 Å². The third-order valence-electron chi connectivity index (χ3n) is 2.84. The number of phenolic OH excluding ortho intramolecular Hbond substituents is 1. The van der Waals surface area contributed by atoms with Crippen molar-refractivity contribution in [1.29, 1.82) is 0 Å². The van der Waals surface area contributed by atoms with Crippen molar-refractivity contribution >= 4 is 10.0 Å². The van der Waals surface area contributed by atoms with Crippen LogP contribution in [0.5, 0.6) is 5.75 Å². The van der Waals surface area contributed by atoms with Gasteiger partial charge in [-0.1, -0.05) is 0 Å². The van der Waals surface area contributed by atoms with Crippen molar-refractivity contribution in [3.8, 4) is 5.75 Å². The predicted octanol–water partition coefficient (Wildman–Crippen LogP) is 1.49. The van der Waals surface area contributed by atoms with Crippen LogP contribution in [-0.2, 0) is 10.0 Å². The highest BCUT2D eigenvalue weighted by atomic mass is 32.2. The summed E-state index contributed by atoms with van der Waals surface area (Å²) in [4.78, 5) is 0.298. The van der Waals surface area contributed by atoms with Crippen molar-refractivity contribution in [2.75, 3.05) is 13.1 Å². The highest BCUT2D eigenvalue weighted by Gasteiger charge is 2.28. The molecule has 88 valence electrons. The van der Waals surface area contributed by atoms with Crippen molar-refractivity contribution in [3.63, 3.8) is 0 Å². The van der Waals surface area contributed by atoms with Crippen molar-refractivity contribution in [1.82, 2.24) is 4.31 Å². The number of sulfonamides is 1. The van der Waals surface area contributed by atoms with Gasteiger partial charge in [0.15, 0.2) is 0 Å². The summed E-state index contributed by atoms with van der Waals surface area (Å²) in [7, 11) is -3.36. The van der Waals surface area contributed by atoms with Gasteiger partial charge in [0.05, 0.1) is 4.90 Å². The van der Waals surface area contributed by atoms with E-state index < -0.39 is 10.0 Å². The Morgan fingerprint density at radius 3 is 2.44 bits per heavy atom. The molecule has 1 aliphatic heterocycles. The standard InChI is InChI=1S/C11H15NO3S/c1-9-8-10(13)4-5-11(9)16(14,15)12-6-2-3-7-12/h4-5,8,13H,2-3,6-7H2,1H3. The van der Waals surface area contributed by atoms with E-state index >= 15 is 0 Å². The van der Waals surface area contributed by atoms with Crippen LogP contribution in [0, 0.1) is 6.92 Å². The van der Waals surface area contributed by atoms with E-state index in [1.165, 1.54) is 22.5 Å². The molecule has 1 fully saturated rings. The van der Waals surface area contributed by atoms with Gasteiger partial charge in [0.25, 0.3) is 0 Å². The van der Waals surface area contributed by atoms with E-state index in [9.17, 15) is 13.5 Å². The summed E-state index contributed by atoms with van der Waals surface area (Å²) in [6.45, 7) is 2.90. The third kappa shape index (κ3) is 1.92. The lowest BCUT2D eigenvalue weighted by molar-refractivity contribution is 0.470. The van der Waals surface area contributed by atoms with Gasteiger partial charge in [-0.15, -0.1) is 0 Å². The first-order valence-electron chi connectivity index (χ1n) is 5.31. The van der Waals surface area contributed by atoms with Crippen molar-refractivity contribution in [3.05, 3.63) is 23.8 Å². The second kappa shape index (κ2) is 4.07. The maximum Gasteiger partial charge on any atom is 0.243 e. The lowest BCUT2D eigenvalue weighted by Gasteiger charge is -2.17. The molecule has 1 N–H and O–H groups in total. The Bertz CT molecular complexity index is 490. The normalized spacial score (nSPS) is 17.8. The second-order valence-electron chi connectivity index (χ2n) is 4.06. The molecule has 1 saturated heterocycles. The number of aromatic hydroxyl groups is 1. The van der Waals surface area contributed by atoms with Gasteiger partial charge >= 0.3 is 0 Å². The molecule has 1 aromatic rings. The zero-order valence-electron chi connectivity index (χ0n) is 9.18. The molecule has 0 unspecified atom stereocenters. The minimum atomic E-state index is -3.36. The number of aryl methyl sites for hydroxylation is 1. The van der Waals surface area contributed by atoms with E-state index in [0.29, 0.717) is 23.5 Å². The van der Waals surface area contributed by atoms with Gasteiger partial charge in [-0.3, -0.25) is 0 Å². The molecule has 2 rings (SSSR count). The average Bonchev–Trinajstić information content (AvgIpc) is 2.69. The maximum atomic E-state index is 12.2. The lowest BCUT2D eigenvalue weighted by Crippen LogP contribution is -2.28. The maximum absolute atomic E-state index is 12.2. The molecule has 0 atom stereocenters. The molecule has 16 heavy (non-hydrogen) atoms. The first-order chi connectivity index (χ1) is 7.51. The minimum absolute atomic E-state index is 0.0953. The Hall–Kier alpha value is -1.07. The molecule has 4 nitrogen and oxygen atoms in total. The number of hydrogen-bond acceptors (Lipinski definition) is 3. The van der Waals surface area contributed by atoms with E-state index in [-0.39, 0.29) is 5.75 Å². The zero-order valence-corrected chi connectivity index (χ0v) is 10.00. The molecule has 0 amide bonds.